The second-order valence-electron chi connectivity index (χ2n) is 10.6. The van der Waals surface area contributed by atoms with E-state index in [1.165, 1.54) is 0 Å². The fourth-order valence-electron chi connectivity index (χ4n) is 6.46. The minimum Gasteiger partial charge on any atom is -0.508 e. The SMILES string of the molecule is NC(=O)C1=C(O)[C@@]2(O)C(=O)C3=C(O)c4c(O)cc(CN5CCC(C(N)=O)CC5)c(F)c4CC3C[C@H]2CC1=O. The van der Waals surface area contributed by atoms with Crippen LogP contribution in [0.2, 0.25) is 0 Å². The molecule has 8 N–H and O–H groups in total. The predicted molar refractivity (Wildman–Crippen MR) is 129 cm³/mol. The molecule has 1 aliphatic heterocycles. The summed E-state index contributed by atoms with van der Waals surface area (Å²) in [5, 5.41) is 43.7. The van der Waals surface area contributed by atoms with E-state index in [4.69, 9.17) is 11.5 Å². The number of halogens is 1. The number of aromatic hydroxyl groups is 1. The number of fused-ring (bicyclic) bond motifs is 3. The molecule has 0 spiro atoms. The number of rotatable bonds is 4. The highest BCUT2D eigenvalue weighted by Crippen LogP contribution is 2.52. The van der Waals surface area contributed by atoms with E-state index in [-0.39, 0.29) is 53.5 Å². The molecule has 1 unspecified atom stereocenters. The zero-order valence-corrected chi connectivity index (χ0v) is 20.4. The number of hydrogen-bond acceptors (Lipinski definition) is 9. The molecule has 4 aliphatic rings. The number of carbonyl (C=O) groups excluding carboxylic acids is 4. The molecule has 1 saturated heterocycles. The molecular formula is C26H28FN3O8. The van der Waals surface area contributed by atoms with Gasteiger partial charge in [-0.1, -0.05) is 0 Å². The summed E-state index contributed by atoms with van der Waals surface area (Å²) in [6, 6.07) is 1.16. The fraction of sp³-hybridized carbons (Fsp3) is 0.462. The lowest BCUT2D eigenvalue weighted by atomic mass is 9.59. The summed E-state index contributed by atoms with van der Waals surface area (Å²) in [6.45, 7) is 1.16. The van der Waals surface area contributed by atoms with Gasteiger partial charge in [0.1, 0.15) is 28.7 Å². The second kappa shape index (κ2) is 8.91. The number of Topliss-reactive ketones (excluding diaryl/α,β-unsaturated/α-hetero) is 2. The van der Waals surface area contributed by atoms with Crippen molar-refractivity contribution < 1.29 is 44.0 Å². The van der Waals surface area contributed by atoms with Crippen molar-refractivity contribution in [1.29, 1.82) is 0 Å². The van der Waals surface area contributed by atoms with E-state index in [9.17, 15) is 39.6 Å². The first-order valence-electron chi connectivity index (χ1n) is 12.4. The lowest BCUT2D eigenvalue weighted by Gasteiger charge is -2.46. The zero-order chi connectivity index (χ0) is 27.7. The van der Waals surface area contributed by atoms with Crippen molar-refractivity contribution in [2.24, 2.45) is 29.2 Å². The van der Waals surface area contributed by atoms with Crippen LogP contribution in [-0.4, -0.2) is 67.4 Å². The Labute approximate surface area is 216 Å². The number of primary amides is 2. The molecule has 1 heterocycles. The van der Waals surface area contributed by atoms with Crippen LogP contribution in [0.25, 0.3) is 5.76 Å². The van der Waals surface area contributed by atoms with Crippen molar-refractivity contribution in [2.75, 3.05) is 13.1 Å². The van der Waals surface area contributed by atoms with Gasteiger partial charge in [0.25, 0.3) is 5.91 Å². The summed E-state index contributed by atoms with van der Waals surface area (Å²) in [4.78, 5) is 51.0. The Kier molecular flexibility index (Phi) is 6.07. The minimum absolute atomic E-state index is 0.00348. The average Bonchev–Trinajstić information content (AvgIpc) is 2.84. The highest BCUT2D eigenvalue weighted by atomic mass is 19.1. The number of hydrogen-bond donors (Lipinski definition) is 6. The number of piperidine rings is 1. The number of phenols is 1. The number of amides is 2. The average molecular weight is 530 g/mol. The second-order valence-corrected chi connectivity index (χ2v) is 10.6. The Hall–Kier alpha value is -3.77. The molecule has 0 aromatic heterocycles. The Morgan fingerprint density at radius 2 is 1.76 bits per heavy atom. The first kappa shape index (κ1) is 25.9. The molecule has 3 atom stereocenters. The van der Waals surface area contributed by atoms with Gasteiger partial charge in [-0.15, -0.1) is 0 Å². The van der Waals surface area contributed by atoms with Crippen molar-refractivity contribution in [3.8, 4) is 5.75 Å². The van der Waals surface area contributed by atoms with Crippen LogP contribution in [-0.2, 0) is 32.1 Å². The summed E-state index contributed by atoms with van der Waals surface area (Å²) in [7, 11) is 0. The summed E-state index contributed by atoms with van der Waals surface area (Å²) in [5.74, 6) is -8.82. The van der Waals surface area contributed by atoms with Gasteiger partial charge in [0, 0.05) is 41.5 Å². The van der Waals surface area contributed by atoms with Crippen molar-refractivity contribution in [1.82, 2.24) is 4.90 Å². The van der Waals surface area contributed by atoms with Crippen molar-refractivity contribution in [3.63, 3.8) is 0 Å². The number of carbonyl (C=O) groups is 4. The van der Waals surface area contributed by atoms with Crippen LogP contribution in [0.3, 0.4) is 0 Å². The van der Waals surface area contributed by atoms with Crippen LogP contribution in [0.1, 0.15) is 42.4 Å². The van der Waals surface area contributed by atoms with Crippen molar-refractivity contribution >= 4 is 29.1 Å². The van der Waals surface area contributed by atoms with Gasteiger partial charge in [-0.05, 0) is 50.8 Å². The predicted octanol–water partition coefficient (Wildman–Crippen LogP) is 0.260. The first-order chi connectivity index (χ1) is 17.9. The third-order valence-electron chi connectivity index (χ3n) is 8.46. The summed E-state index contributed by atoms with van der Waals surface area (Å²) in [6.07, 6.45) is 0.440. The molecule has 11 nitrogen and oxygen atoms in total. The first-order valence-corrected chi connectivity index (χ1v) is 12.4. The molecule has 3 aliphatic carbocycles. The number of nitrogens with two attached hydrogens (primary N) is 2. The van der Waals surface area contributed by atoms with E-state index in [2.05, 4.69) is 0 Å². The third-order valence-corrected chi connectivity index (χ3v) is 8.46. The topological polar surface area (TPSA) is 204 Å². The van der Waals surface area contributed by atoms with E-state index in [1.54, 1.807) is 0 Å². The van der Waals surface area contributed by atoms with E-state index >= 15 is 4.39 Å². The number of aliphatic hydroxyl groups excluding tert-OH is 2. The molecule has 2 amide bonds. The monoisotopic (exact) mass is 529 g/mol. The summed E-state index contributed by atoms with van der Waals surface area (Å²) in [5.41, 5.74) is 6.57. The van der Waals surface area contributed by atoms with Gasteiger partial charge in [0.05, 0.1) is 5.56 Å². The summed E-state index contributed by atoms with van der Waals surface area (Å²) >= 11 is 0. The zero-order valence-electron chi connectivity index (χ0n) is 20.4. The fourth-order valence-corrected chi connectivity index (χ4v) is 6.46. The summed E-state index contributed by atoms with van der Waals surface area (Å²) < 4.78 is 15.8. The Morgan fingerprint density at radius 1 is 1.11 bits per heavy atom. The van der Waals surface area contributed by atoms with Gasteiger partial charge in [0.2, 0.25) is 11.7 Å². The number of aliphatic hydroxyl groups is 3. The quantitative estimate of drug-likeness (QED) is 0.296. The Bertz CT molecular complexity index is 1360. The molecule has 0 bridgehead atoms. The van der Waals surface area contributed by atoms with E-state index in [0.29, 0.717) is 25.9 Å². The third kappa shape index (κ3) is 3.70. The van der Waals surface area contributed by atoms with Crippen molar-refractivity contribution in [2.45, 2.75) is 44.2 Å². The molecule has 38 heavy (non-hydrogen) atoms. The van der Waals surface area contributed by atoms with Gasteiger partial charge in [-0.25, -0.2) is 4.39 Å². The Balaban J connectivity index is 1.52. The van der Waals surface area contributed by atoms with Crippen LogP contribution in [0.5, 0.6) is 5.75 Å². The lowest BCUT2D eigenvalue weighted by molar-refractivity contribution is -0.147. The van der Waals surface area contributed by atoms with Gasteiger partial charge < -0.3 is 31.9 Å². The highest BCUT2D eigenvalue weighted by molar-refractivity contribution is 6.22. The highest BCUT2D eigenvalue weighted by Gasteiger charge is 2.60. The number of likely N-dealkylation sites (tertiary alicyclic amines) is 1. The standard InChI is InChI=1S/C26H28FN3O8/c27-20-12(9-30-3-1-10(2-4-30)24(28)36)7-15(31)18-14(20)6-11-5-13-8-16(32)19(25(29)37)23(35)26(13,38)22(34)17(11)21(18)33/h7,10-11,13,31,33,35,38H,1-6,8-9H2,(H2,28,36)(H2,29,37)/t11?,13-,26-/m0/s1. The lowest BCUT2D eigenvalue weighted by Crippen LogP contribution is -2.58. The van der Waals surface area contributed by atoms with Gasteiger partial charge in [0.15, 0.2) is 11.4 Å². The maximum atomic E-state index is 15.8. The maximum absolute atomic E-state index is 15.8. The van der Waals surface area contributed by atoms with Gasteiger partial charge in [-0.3, -0.25) is 24.1 Å². The molecule has 0 radical (unpaired) electrons. The van der Waals surface area contributed by atoms with Crippen LogP contribution in [0.15, 0.2) is 23.0 Å². The van der Waals surface area contributed by atoms with Gasteiger partial charge >= 0.3 is 0 Å². The van der Waals surface area contributed by atoms with Crippen LogP contribution in [0, 0.1) is 23.6 Å². The Morgan fingerprint density at radius 3 is 2.37 bits per heavy atom. The smallest absolute Gasteiger partial charge is 0.255 e. The number of ketones is 2. The normalized spacial score (nSPS) is 28.2. The number of benzene rings is 1. The molecule has 202 valence electrons. The largest absolute Gasteiger partial charge is 0.508 e. The molecule has 12 heteroatoms. The van der Waals surface area contributed by atoms with Crippen LogP contribution >= 0.6 is 0 Å². The molecule has 1 aromatic rings. The van der Waals surface area contributed by atoms with Crippen molar-refractivity contribution in [3.05, 3.63) is 45.5 Å². The molecule has 1 aromatic carbocycles. The maximum Gasteiger partial charge on any atom is 0.255 e. The van der Waals surface area contributed by atoms with Crippen LogP contribution in [0.4, 0.5) is 4.39 Å². The van der Waals surface area contributed by atoms with Gasteiger partial charge in [-0.2, -0.15) is 0 Å². The molecule has 5 rings (SSSR count). The van der Waals surface area contributed by atoms with Crippen LogP contribution < -0.4 is 11.5 Å². The molecule has 2 fully saturated rings. The van der Waals surface area contributed by atoms with E-state index in [0.717, 1.165) is 6.07 Å². The number of phenolic OH excluding ortho intramolecular Hbond substituents is 1. The molecule has 1 saturated carbocycles. The molecular weight excluding hydrogens is 501 g/mol. The van der Waals surface area contributed by atoms with E-state index in [1.807, 2.05) is 4.90 Å². The number of nitrogens with zero attached hydrogens (tertiary/aromatic N) is 1. The minimum atomic E-state index is -2.67. The van der Waals surface area contributed by atoms with E-state index < -0.39 is 70.0 Å².